The van der Waals surface area contributed by atoms with Crippen molar-refractivity contribution in [3.05, 3.63) is 0 Å². The van der Waals surface area contributed by atoms with E-state index in [1.165, 1.54) is 12.1 Å². The van der Waals surface area contributed by atoms with Gasteiger partial charge in [0.1, 0.15) is 24.6 Å². The Morgan fingerprint density at radius 1 is 1.03 bits per heavy atom. The summed E-state index contributed by atoms with van der Waals surface area (Å²) in [4.78, 5) is 17.4. The minimum atomic E-state index is -4.57. The molecule has 2 aliphatic carbocycles. The van der Waals surface area contributed by atoms with Crippen LogP contribution in [0, 0.1) is 11.8 Å². The van der Waals surface area contributed by atoms with Gasteiger partial charge >= 0.3 is 6.18 Å². The summed E-state index contributed by atoms with van der Waals surface area (Å²) in [5.41, 5.74) is 8.36. The van der Waals surface area contributed by atoms with E-state index in [2.05, 4.69) is 31.9 Å². The highest BCUT2D eigenvalue weighted by Gasteiger charge is 2.52. The first kappa shape index (κ1) is 25.5. The zero-order valence-corrected chi connectivity index (χ0v) is 19.2. The molecule has 6 unspecified atom stereocenters. The summed E-state index contributed by atoms with van der Waals surface area (Å²) in [6.45, 7) is -0.0888. The van der Waals surface area contributed by atoms with Gasteiger partial charge in [-0.2, -0.15) is 13.2 Å². The summed E-state index contributed by atoms with van der Waals surface area (Å²) in [7, 11) is 1.46. The second-order valence-electron chi connectivity index (χ2n) is 10.0. The summed E-state index contributed by atoms with van der Waals surface area (Å²) < 4.78 is 68.0. The highest BCUT2D eigenvalue weighted by atomic mass is 19.4. The third-order valence-corrected chi connectivity index (χ3v) is 7.25. The van der Waals surface area contributed by atoms with E-state index in [0.29, 0.717) is 6.42 Å². The Morgan fingerprint density at radius 2 is 1.71 bits per heavy atom. The molecule has 13 heteroatoms. The number of hydrazine groups is 2. The van der Waals surface area contributed by atoms with Crippen LogP contribution >= 0.6 is 0 Å². The van der Waals surface area contributed by atoms with Gasteiger partial charge in [-0.1, -0.05) is 12.8 Å². The van der Waals surface area contributed by atoms with Crippen molar-refractivity contribution in [2.75, 3.05) is 13.6 Å². The zero-order chi connectivity index (χ0) is 24.5. The lowest BCUT2D eigenvalue weighted by Crippen LogP contribution is -2.52. The van der Waals surface area contributed by atoms with Crippen LogP contribution in [0.25, 0.3) is 0 Å². The molecule has 0 radical (unpaired) electrons. The number of carbonyl (C=O) groups excluding carboxylic acids is 1. The first-order valence-electron chi connectivity index (χ1n) is 12.1. The third kappa shape index (κ3) is 6.35. The molecule has 2 aliphatic heterocycles. The quantitative estimate of drug-likeness (QED) is 0.232. The predicted octanol–water partition coefficient (Wildman–Crippen LogP) is 1.66. The highest BCUT2D eigenvalue weighted by Crippen LogP contribution is 2.33. The van der Waals surface area contributed by atoms with E-state index >= 15 is 0 Å². The molecule has 2 heterocycles. The molecule has 0 aromatic rings. The summed E-state index contributed by atoms with van der Waals surface area (Å²) in [6, 6.07) is -2.09. The van der Waals surface area contributed by atoms with Gasteiger partial charge in [0, 0.05) is 38.5 Å². The molecular weight excluding hydrogens is 461 g/mol. The summed E-state index contributed by atoms with van der Waals surface area (Å²) in [5, 5.41) is 7.04. The Morgan fingerprint density at radius 3 is 2.35 bits per heavy atom. The average Bonchev–Trinajstić information content (AvgIpc) is 3.48. The smallest absolute Gasteiger partial charge is 0.353 e. The number of hydrogen-bond acceptors (Lipinski definition) is 6. The van der Waals surface area contributed by atoms with E-state index in [0.717, 1.165) is 25.7 Å². The van der Waals surface area contributed by atoms with Crippen LogP contribution in [0.1, 0.15) is 51.4 Å². The zero-order valence-electron chi connectivity index (χ0n) is 19.2. The predicted molar refractivity (Wildman–Crippen MR) is 116 cm³/mol. The molecule has 0 spiro atoms. The molecule has 34 heavy (non-hydrogen) atoms. The van der Waals surface area contributed by atoms with Crippen molar-refractivity contribution in [3.8, 4) is 0 Å². The van der Waals surface area contributed by atoms with Gasteiger partial charge in [-0.15, -0.1) is 0 Å². The Bertz CT molecular complexity index is 738. The van der Waals surface area contributed by atoms with Gasteiger partial charge in [0.2, 0.25) is 5.91 Å². The normalized spacial score (nSPS) is 38.4. The fourth-order valence-electron chi connectivity index (χ4n) is 5.56. The van der Waals surface area contributed by atoms with Crippen molar-refractivity contribution in [2.45, 2.75) is 94.2 Å². The Hall–Kier alpha value is -1.57. The fraction of sp³-hybridized carbons (Fsp3) is 0.905. The molecule has 6 atom stereocenters. The SMILES string of the molecule is CN1CC(C(=O)N/C(=N\C2CC(C3CC(F)CC(F)C3)NN2)NC2CCCC2)C(C(F)(F)F)N1. The second kappa shape index (κ2) is 10.6. The molecule has 4 rings (SSSR count). The number of aliphatic imine (C=N–C) groups is 1. The topological polar surface area (TPSA) is 92.8 Å². The van der Waals surface area contributed by atoms with Crippen molar-refractivity contribution in [2.24, 2.45) is 16.8 Å². The van der Waals surface area contributed by atoms with Crippen LogP contribution in [-0.2, 0) is 4.79 Å². The molecule has 4 fully saturated rings. The number of halogens is 5. The van der Waals surface area contributed by atoms with Crippen LogP contribution in [0.5, 0.6) is 0 Å². The van der Waals surface area contributed by atoms with Crippen LogP contribution in [0.2, 0.25) is 0 Å². The van der Waals surface area contributed by atoms with Gasteiger partial charge in [0.05, 0.1) is 5.92 Å². The summed E-state index contributed by atoms with van der Waals surface area (Å²) in [5.74, 6) is -2.14. The Labute approximate surface area is 195 Å². The lowest BCUT2D eigenvalue weighted by Gasteiger charge is -2.31. The number of nitrogens with zero attached hydrogens (tertiary/aromatic N) is 2. The van der Waals surface area contributed by atoms with Crippen molar-refractivity contribution < 1.29 is 26.7 Å². The molecule has 1 amide bonds. The van der Waals surface area contributed by atoms with Crippen LogP contribution in [-0.4, -0.2) is 73.3 Å². The van der Waals surface area contributed by atoms with Crippen LogP contribution in [0.3, 0.4) is 0 Å². The monoisotopic (exact) mass is 495 g/mol. The number of carbonyl (C=O) groups is 1. The van der Waals surface area contributed by atoms with E-state index < -0.39 is 42.6 Å². The Balaban J connectivity index is 1.43. The average molecular weight is 496 g/mol. The lowest BCUT2D eigenvalue weighted by molar-refractivity contribution is -0.168. The molecule has 194 valence electrons. The number of guanidine groups is 1. The van der Waals surface area contributed by atoms with Gasteiger partial charge in [-0.3, -0.25) is 15.5 Å². The molecule has 4 aliphatic rings. The van der Waals surface area contributed by atoms with Crippen molar-refractivity contribution in [1.82, 2.24) is 31.9 Å². The highest BCUT2D eigenvalue weighted by molar-refractivity contribution is 5.98. The van der Waals surface area contributed by atoms with Gasteiger partial charge in [0.15, 0.2) is 5.96 Å². The summed E-state index contributed by atoms with van der Waals surface area (Å²) in [6.07, 6.45) is -2.66. The van der Waals surface area contributed by atoms with E-state index in [9.17, 15) is 26.7 Å². The van der Waals surface area contributed by atoms with Gasteiger partial charge in [-0.05, 0) is 31.6 Å². The van der Waals surface area contributed by atoms with E-state index in [1.54, 1.807) is 0 Å². The maximum Gasteiger partial charge on any atom is 0.405 e. The first-order chi connectivity index (χ1) is 16.1. The number of rotatable bonds is 4. The Kier molecular flexibility index (Phi) is 7.95. The molecule has 8 nitrogen and oxygen atoms in total. The van der Waals surface area contributed by atoms with Crippen molar-refractivity contribution >= 4 is 11.9 Å². The standard InChI is InChI=1S/C21H34F5N7O/c1-33-10-15(18(32-33)21(24,25)26)19(34)29-20(27-14-4-2-3-5-14)28-17-9-16(30-31-17)11-6-12(22)8-13(23)7-11/h11-18,30-32H,2-10H2,1H3,(H2,27,28,29,34). The largest absolute Gasteiger partial charge is 0.405 e. The molecule has 2 saturated heterocycles. The molecule has 0 aromatic carbocycles. The van der Waals surface area contributed by atoms with Crippen molar-refractivity contribution in [1.29, 1.82) is 0 Å². The molecule has 0 bridgehead atoms. The maximum absolute atomic E-state index is 13.8. The third-order valence-electron chi connectivity index (χ3n) is 7.25. The van der Waals surface area contributed by atoms with Gasteiger partial charge in [-0.25, -0.2) is 29.6 Å². The fourth-order valence-corrected chi connectivity index (χ4v) is 5.56. The number of hydrogen-bond donors (Lipinski definition) is 5. The van der Waals surface area contributed by atoms with E-state index in [-0.39, 0.29) is 49.8 Å². The molecule has 2 saturated carbocycles. The van der Waals surface area contributed by atoms with Crippen molar-refractivity contribution in [3.63, 3.8) is 0 Å². The number of amides is 1. The van der Waals surface area contributed by atoms with Crippen LogP contribution in [0.15, 0.2) is 4.99 Å². The van der Waals surface area contributed by atoms with Gasteiger partial charge < -0.3 is 5.32 Å². The van der Waals surface area contributed by atoms with Crippen LogP contribution in [0.4, 0.5) is 22.0 Å². The summed E-state index contributed by atoms with van der Waals surface area (Å²) >= 11 is 0. The van der Waals surface area contributed by atoms with E-state index in [4.69, 9.17) is 0 Å². The molecule has 5 N–H and O–H groups in total. The number of nitrogens with one attached hydrogen (secondary N) is 5. The first-order valence-corrected chi connectivity index (χ1v) is 12.1. The van der Waals surface area contributed by atoms with E-state index in [1.807, 2.05) is 0 Å². The molecule has 0 aromatic heterocycles. The van der Waals surface area contributed by atoms with Gasteiger partial charge in [0.25, 0.3) is 0 Å². The van der Waals surface area contributed by atoms with Crippen LogP contribution < -0.4 is 26.9 Å². The lowest BCUT2D eigenvalue weighted by atomic mass is 9.81. The molecular formula is C21H34F5N7O. The minimum Gasteiger partial charge on any atom is -0.353 e. The number of alkyl halides is 5. The maximum atomic E-state index is 13.8. The second-order valence-corrected chi connectivity index (χ2v) is 10.0. The minimum absolute atomic E-state index is 0.0656.